The molecule has 152 valence electrons. The topological polar surface area (TPSA) is 94.8 Å². The van der Waals surface area contributed by atoms with E-state index in [1.54, 1.807) is 0 Å². The summed E-state index contributed by atoms with van der Waals surface area (Å²) >= 11 is 24.3. The predicted octanol–water partition coefficient (Wildman–Crippen LogP) is 5.89. The fourth-order valence-electron chi connectivity index (χ4n) is 3.22. The maximum atomic E-state index is 13.0. The molecule has 0 fully saturated rings. The summed E-state index contributed by atoms with van der Waals surface area (Å²) in [6.45, 7) is 0. The normalized spacial score (nSPS) is 13.8. The first-order chi connectivity index (χ1) is 13.5. The van der Waals surface area contributed by atoms with E-state index in [0.717, 1.165) is 12.1 Å². The molecule has 0 saturated carbocycles. The molecular weight excluding hydrogens is 482 g/mol. The first-order valence-corrected chi connectivity index (χ1v) is 10.8. The number of para-hydroxylation sites is 1. The van der Waals surface area contributed by atoms with Gasteiger partial charge in [-0.25, -0.2) is 0 Å². The monoisotopic (exact) mass is 492 g/mol. The van der Waals surface area contributed by atoms with Crippen LogP contribution in [-0.2, 0) is 14.9 Å². The van der Waals surface area contributed by atoms with E-state index in [2.05, 4.69) is 0 Å². The predicted molar refractivity (Wildman–Crippen MR) is 114 cm³/mol. The van der Waals surface area contributed by atoms with Crippen LogP contribution in [-0.4, -0.2) is 23.2 Å². The first kappa shape index (κ1) is 22.0. The van der Waals surface area contributed by atoms with Gasteiger partial charge < -0.3 is 10.2 Å². The number of phenols is 2. The van der Waals surface area contributed by atoms with Crippen molar-refractivity contribution in [3.05, 3.63) is 91.4 Å². The summed E-state index contributed by atoms with van der Waals surface area (Å²) < 4.78 is 33.8. The zero-order valence-corrected chi connectivity index (χ0v) is 18.1. The molecule has 3 N–H and O–H groups in total. The second kappa shape index (κ2) is 7.87. The van der Waals surface area contributed by atoms with Crippen molar-refractivity contribution in [3.63, 3.8) is 0 Å². The van der Waals surface area contributed by atoms with E-state index in [1.807, 2.05) is 0 Å². The van der Waals surface area contributed by atoms with Crippen LogP contribution in [0.3, 0.4) is 0 Å². The van der Waals surface area contributed by atoms with Gasteiger partial charge in [0, 0.05) is 32.8 Å². The van der Waals surface area contributed by atoms with Crippen LogP contribution in [0.4, 0.5) is 0 Å². The summed E-state index contributed by atoms with van der Waals surface area (Å²) in [6.07, 6.45) is 0. The number of benzene rings is 3. The molecule has 10 heteroatoms. The van der Waals surface area contributed by atoms with Crippen molar-refractivity contribution in [3.8, 4) is 11.5 Å². The maximum Gasteiger partial charge on any atom is 0.283 e. The van der Waals surface area contributed by atoms with Crippen LogP contribution in [0.15, 0.2) is 54.6 Å². The molecule has 29 heavy (non-hydrogen) atoms. The maximum absolute atomic E-state index is 13.0. The SMILES string of the molecule is O=S(=O)(O)C(c1ccccc1O)(c1cc(Cl)c(Cl)cc1O)c1ccc(Cl)cc1Cl. The molecule has 0 bridgehead atoms. The Bertz CT molecular complexity index is 1210. The Balaban J connectivity index is 2.63. The van der Waals surface area contributed by atoms with Crippen LogP contribution in [0.25, 0.3) is 0 Å². The third-order valence-electron chi connectivity index (χ3n) is 4.40. The molecule has 3 aromatic carbocycles. The number of halogens is 4. The van der Waals surface area contributed by atoms with Crippen molar-refractivity contribution in [2.24, 2.45) is 0 Å². The lowest BCUT2D eigenvalue weighted by Crippen LogP contribution is -2.38. The Hall–Kier alpha value is -1.67. The van der Waals surface area contributed by atoms with Crippen molar-refractivity contribution in [1.29, 1.82) is 0 Å². The van der Waals surface area contributed by atoms with E-state index in [1.165, 1.54) is 42.5 Å². The third-order valence-corrected chi connectivity index (χ3v) is 7.10. The molecule has 0 spiro atoms. The van der Waals surface area contributed by atoms with E-state index in [-0.39, 0.29) is 36.8 Å². The van der Waals surface area contributed by atoms with Gasteiger partial charge in [-0.05, 0) is 24.3 Å². The van der Waals surface area contributed by atoms with Gasteiger partial charge >= 0.3 is 0 Å². The first-order valence-electron chi connectivity index (χ1n) is 7.89. The molecule has 0 radical (unpaired) electrons. The third kappa shape index (κ3) is 3.65. The molecule has 0 saturated heterocycles. The highest BCUT2D eigenvalue weighted by Gasteiger charge is 2.52. The zero-order valence-electron chi connectivity index (χ0n) is 14.3. The van der Waals surface area contributed by atoms with Crippen LogP contribution < -0.4 is 0 Å². The molecule has 0 amide bonds. The van der Waals surface area contributed by atoms with E-state index in [0.29, 0.717) is 0 Å². The van der Waals surface area contributed by atoms with Crippen molar-refractivity contribution in [2.45, 2.75) is 4.75 Å². The van der Waals surface area contributed by atoms with Crippen LogP contribution in [0, 0.1) is 0 Å². The van der Waals surface area contributed by atoms with Gasteiger partial charge in [0.05, 0.1) is 10.0 Å². The summed E-state index contributed by atoms with van der Waals surface area (Å²) in [5.74, 6) is -1.06. The van der Waals surface area contributed by atoms with Gasteiger partial charge in [-0.2, -0.15) is 8.42 Å². The Morgan fingerprint density at radius 3 is 1.90 bits per heavy atom. The zero-order chi connectivity index (χ0) is 21.6. The molecule has 3 rings (SSSR count). The van der Waals surface area contributed by atoms with Crippen molar-refractivity contribution >= 4 is 56.5 Å². The Kier molecular flexibility index (Phi) is 5.98. The van der Waals surface area contributed by atoms with Gasteiger partial charge in [0.1, 0.15) is 11.5 Å². The van der Waals surface area contributed by atoms with Crippen molar-refractivity contribution < 1.29 is 23.2 Å². The van der Waals surface area contributed by atoms with Gasteiger partial charge in [-0.1, -0.05) is 70.7 Å². The van der Waals surface area contributed by atoms with Crippen LogP contribution in [0.2, 0.25) is 20.1 Å². The van der Waals surface area contributed by atoms with E-state index < -0.39 is 26.4 Å². The van der Waals surface area contributed by atoms with Gasteiger partial charge in [0.25, 0.3) is 10.1 Å². The molecule has 5 nitrogen and oxygen atoms in total. The van der Waals surface area contributed by atoms with Gasteiger partial charge in [-0.3, -0.25) is 4.55 Å². The smallest absolute Gasteiger partial charge is 0.283 e. The molecule has 1 atom stereocenters. The van der Waals surface area contributed by atoms with Gasteiger partial charge in [0.2, 0.25) is 0 Å². The Morgan fingerprint density at radius 1 is 0.690 bits per heavy atom. The van der Waals surface area contributed by atoms with E-state index in [9.17, 15) is 23.2 Å². The minimum Gasteiger partial charge on any atom is -0.508 e. The van der Waals surface area contributed by atoms with Gasteiger partial charge in [0.15, 0.2) is 4.75 Å². The molecule has 0 aromatic heterocycles. The highest BCUT2D eigenvalue weighted by Crippen LogP contribution is 2.52. The van der Waals surface area contributed by atoms with Crippen LogP contribution in [0.5, 0.6) is 11.5 Å². The van der Waals surface area contributed by atoms with E-state index in [4.69, 9.17) is 46.4 Å². The highest BCUT2D eigenvalue weighted by molar-refractivity contribution is 7.87. The lowest BCUT2D eigenvalue weighted by atomic mass is 9.83. The summed E-state index contributed by atoms with van der Waals surface area (Å²) in [6, 6.07) is 11.4. The van der Waals surface area contributed by atoms with Crippen LogP contribution in [0.1, 0.15) is 16.7 Å². The largest absolute Gasteiger partial charge is 0.508 e. The molecule has 3 aromatic rings. The molecule has 0 heterocycles. The van der Waals surface area contributed by atoms with Crippen LogP contribution >= 0.6 is 46.4 Å². The highest BCUT2D eigenvalue weighted by atomic mass is 35.5. The standard InChI is InChI=1S/C19H12Cl4O5S/c20-10-5-6-11(14(21)7-10)19(29(26,27)28,12-3-1-2-4-17(12)24)13-8-15(22)16(23)9-18(13)25/h1-9,24-25H,(H,26,27,28). The quantitative estimate of drug-likeness (QED) is 0.311. The fraction of sp³-hybridized carbons (Fsp3) is 0.0526. The Morgan fingerprint density at radius 2 is 1.31 bits per heavy atom. The minimum absolute atomic E-state index is 0.0448. The average Bonchev–Trinajstić information content (AvgIpc) is 2.61. The summed E-state index contributed by atoms with van der Waals surface area (Å²) in [7, 11) is -5.14. The average molecular weight is 494 g/mol. The number of aromatic hydroxyl groups is 2. The molecule has 0 aliphatic rings. The summed E-state index contributed by atoms with van der Waals surface area (Å²) in [5, 5.41) is 21.0. The molecular formula is C19H12Cl4O5S. The second-order valence-electron chi connectivity index (χ2n) is 6.08. The lowest BCUT2D eigenvalue weighted by Gasteiger charge is -2.34. The summed E-state index contributed by atoms with van der Waals surface area (Å²) in [4.78, 5) is 0. The minimum atomic E-state index is -5.14. The number of hydrogen-bond acceptors (Lipinski definition) is 4. The van der Waals surface area contributed by atoms with Gasteiger partial charge in [-0.15, -0.1) is 0 Å². The van der Waals surface area contributed by atoms with E-state index >= 15 is 0 Å². The fourth-order valence-corrected chi connectivity index (χ4v) is 5.49. The molecule has 0 aliphatic heterocycles. The number of rotatable bonds is 4. The number of phenolic OH excluding ortho intramolecular Hbond substituents is 2. The Labute approximate surface area is 186 Å². The lowest BCUT2D eigenvalue weighted by molar-refractivity contribution is 0.428. The second-order valence-corrected chi connectivity index (χ2v) is 9.30. The molecule has 0 aliphatic carbocycles. The number of hydrogen-bond donors (Lipinski definition) is 3. The van der Waals surface area contributed by atoms with Crippen molar-refractivity contribution in [2.75, 3.05) is 0 Å². The van der Waals surface area contributed by atoms with Crippen molar-refractivity contribution in [1.82, 2.24) is 0 Å². The molecule has 1 unspecified atom stereocenters. The summed E-state index contributed by atoms with van der Waals surface area (Å²) in [5.41, 5.74) is -0.790.